The summed E-state index contributed by atoms with van der Waals surface area (Å²) < 4.78 is 5.23. The van der Waals surface area contributed by atoms with Gasteiger partial charge in [-0.1, -0.05) is 0 Å². The second-order valence-electron chi connectivity index (χ2n) is 4.07. The van der Waals surface area contributed by atoms with Crippen LogP contribution < -0.4 is 16.6 Å². The molecule has 0 saturated carbocycles. The summed E-state index contributed by atoms with van der Waals surface area (Å²) in [6, 6.07) is -0.532. The van der Waals surface area contributed by atoms with Crippen LogP contribution in [0.2, 0.25) is 0 Å². The Hall–Kier alpha value is -1.23. The molecule has 0 bridgehead atoms. The van der Waals surface area contributed by atoms with Crippen LogP contribution in [0.15, 0.2) is 12.3 Å². The number of nitrogens with two attached hydrogens (primary N) is 1. The van der Waals surface area contributed by atoms with Gasteiger partial charge in [-0.2, -0.15) is 0 Å². The molecule has 1 saturated heterocycles. The molecule has 2 amide bonds. The number of hydrogen-bond acceptors (Lipinski definition) is 7. The Kier molecular flexibility index (Phi) is 3.80. The monoisotopic (exact) mass is 260 g/mol. The number of amides is 2. The molecule has 0 aromatic carbocycles. The van der Waals surface area contributed by atoms with Gasteiger partial charge in [0.05, 0.1) is 6.61 Å². The standard InChI is InChI=1S/C9H16N4O5/c10-12-5-1-2-13(9(17)11-5)8-7(16)6(15)4(3-14)18-8/h1-2,4-8,12,14-16H,3,10H2,(H,11,17)/t4-,5-,6-,7-,8-/m1/s1. The number of hydrazine groups is 1. The number of aliphatic hydroxyl groups is 3. The molecule has 0 aromatic heterocycles. The highest BCUT2D eigenvalue weighted by Gasteiger charge is 2.46. The second kappa shape index (κ2) is 5.18. The molecule has 0 aliphatic carbocycles. The molecule has 9 nitrogen and oxygen atoms in total. The molecule has 102 valence electrons. The van der Waals surface area contributed by atoms with E-state index < -0.39 is 43.3 Å². The van der Waals surface area contributed by atoms with E-state index in [0.29, 0.717) is 0 Å². The Morgan fingerprint density at radius 2 is 2.22 bits per heavy atom. The summed E-state index contributed by atoms with van der Waals surface area (Å²) in [4.78, 5) is 12.8. The molecule has 2 heterocycles. The van der Waals surface area contributed by atoms with Gasteiger partial charge in [0.15, 0.2) is 6.23 Å². The van der Waals surface area contributed by atoms with Gasteiger partial charge in [-0.15, -0.1) is 0 Å². The van der Waals surface area contributed by atoms with Crippen molar-refractivity contribution in [3.63, 3.8) is 0 Å². The van der Waals surface area contributed by atoms with Crippen molar-refractivity contribution in [2.24, 2.45) is 5.84 Å². The molecular weight excluding hydrogens is 244 g/mol. The fraction of sp³-hybridized carbons (Fsp3) is 0.667. The molecule has 2 aliphatic heterocycles. The molecule has 9 heteroatoms. The molecule has 0 radical (unpaired) electrons. The summed E-state index contributed by atoms with van der Waals surface area (Å²) in [7, 11) is 0. The zero-order valence-electron chi connectivity index (χ0n) is 9.43. The minimum atomic E-state index is -1.29. The summed E-state index contributed by atoms with van der Waals surface area (Å²) in [5.74, 6) is 5.17. The first-order chi connectivity index (χ1) is 8.58. The van der Waals surface area contributed by atoms with Gasteiger partial charge in [-0.3, -0.25) is 10.7 Å². The van der Waals surface area contributed by atoms with Gasteiger partial charge in [-0.25, -0.2) is 10.2 Å². The lowest BCUT2D eigenvalue weighted by atomic mass is 10.1. The summed E-state index contributed by atoms with van der Waals surface area (Å²) >= 11 is 0. The van der Waals surface area contributed by atoms with Gasteiger partial charge < -0.3 is 25.4 Å². The average molecular weight is 260 g/mol. The molecule has 5 atom stereocenters. The smallest absolute Gasteiger partial charge is 0.325 e. The normalized spacial score (nSPS) is 40.1. The number of ether oxygens (including phenoxy) is 1. The molecule has 0 aromatic rings. The van der Waals surface area contributed by atoms with E-state index in [2.05, 4.69) is 10.7 Å². The van der Waals surface area contributed by atoms with Crippen molar-refractivity contribution >= 4 is 6.03 Å². The molecular formula is C9H16N4O5. The second-order valence-corrected chi connectivity index (χ2v) is 4.07. The van der Waals surface area contributed by atoms with Crippen molar-refractivity contribution < 1.29 is 24.9 Å². The van der Waals surface area contributed by atoms with Crippen LogP contribution in [0.4, 0.5) is 4.79 Å². The maximum Gasteiger partial charge on any atom is 0.325 e. The van der Waals surface area contributed by atoms with Gasteiger partial charge in [0, 0.05) is 6.20 Å². The van der Waals surface area contributed by atoms with Crippen molar-refractivity contribution in [1.82, 2.24) is 15.6 Å². The fourth-order valence-corrected chi connectivity index (χ4v) is 1.91. The van der Waals surface area contributed by atoms with Gasteiger partial charge in [0.25, 0.3) is 0 Å². The molecule has 2 aliphatic rings. The minimum absolute atomic E-state index is 0.444. The lowest BCUT2D eigenvalue weighted by Crippen LogP contribution is -2.57. The van der Waals surface area contributed by atoms with Crippen LogP contribution >= 0.6 is 0 Å². The van der Waals surface area contributed by atoms with Gasteiger partial charge in [0.2, 0.25) is 0 Å². The quantitative estimate of drug-likeness (QED) is 0.231. The highest BCUT2D eigenvalue weighted by molar-refractivity contribution is 5.77. The Balaban J connectivity index is 2.11. The van der Waals surface area contributed by atoms with Crippen LogP contribution in [0.1, 0.15) is 0 Å². The van der Waals surface area contributed by atoms with Crippen LogP contribution in [-0.2, 0) is 4.74 Å². The van der Waals surface area contributed by atoms with Crippen molar-refractivity contribution in [2.75, 3.05) is 6.61 Å². The third kappa shape index (κ3) is 2.19. The molecule has 18 heavy (non-hydrogen) atoms. The van der Waals surface area contributed by atoms with Crippen molar-refractivity contribution in [1.29, 1.82) is 0 Å². The van der Waals surface area contributed by atoms with Gasteiger partial charge >= 0.3 is 6.03 Å². The fourth-order valence-electron chi connectivity index (χ4n) is 1.91. The highest BCUT2D eigenvalue weighted by Crippen LogP contribution is 2.25. The number of hydrogen-bond donors (Lipinski definition) is 6. The number of urea groups is 1. The first-order valence-electron chi connectivity index (χ1n) is 5.44. The average Bonchev–Trinajstić information content (AvgIpc) is 2.66. The van der Waals surface area contributed by atoms with E-state index in [1.54, 1.807) is 6.08 Å². The Bertz CT molecular complexity index is 352. The lowest BCUT2D eigenvalue weighted by molar-refractivity contribution is -0.0662. The Morgan fingerprint density at radius 1 is 1.50 bits per heavy atom. The van der Waals surface area contributed by atoms with Crippen LogP contribution in [-0.4, -0.2) is 63.6 Å². The zero-order valence-corrected chi connectivity index (χ0v) is 9.43. The van der Waals surface area contributed by atoms with Gasteiger partial charge in [-0.05, 0) is 6.08 Å². The van der Waals surface area contributed by atoms with Crippen LogP contribution in [0, 0.1) is 0 Å². The van der Waals surface area contributed by atoms with E-state index in [1.165, 1.54) is 6.20 Å². The number of aliphatic hydroxyl groups excluding tert-OH is 3. The van der Waals surface area contributed by atoms with E-state index in [1.807, 2.05) is 0 Å². The number of carbonyl (C=O) groups excluding carboxylic acids is 1. The largest absolute Gasteiger partial charge is 0.394 e. The van der Waals surface area contributed by atoms with E-state index in [9.17, 15) is 15.0 Å². The molecule has 2 rings (SSSR count). The maximum atomic E-state index is 11.7. The predicted octanol–water partition coefficient (Wildman–Crippen LogP) is -3.25. The minimum Gasteiger partial charge on any atom is -0.394 e. The van der Waals surface area contributed by atoms with Crippen molar-refractivity contribution in [3.8, 4) is 0 Å². The number of rotatable bonds is 3. The lowest BCUT2D eigenvalue weighted by Gasteiger charge is -2.32. The van der Waals surface area contributed by atoms with Crippen molar-refractivity contribution in [2.45, 2.75) is 30.7 Å². The van der Waals surface area contributed by atoms with E-state index in [0.717, 1.165) is 4.90 Å². The first kappa shape index (κ1) is 13.2. The van der Waals surface area contributed by atoms with Gasteiger partial charge in [0.1, 0.15) is 24.5 Å². The van der Waals surface area contributed by atoms with Crippen LogP contribution in [0.5, 0.6) is 0 Å². The van der Waals surface area contributed by atoms with Crippen LogP contribution in [0.3, 0.4) is 0 Å². The summed E-state index contributed by atoms with van der Waals surface area (Å²) in [5, 5.41) is 30.8. The highest BCUT2D eigenvalue weighted by atomic mass is 16.6. The van der Waals surface area contributed by atoms with E-state index >= 15 is 0 Å². The topological polar surface area (TPSA) is 140 Å². The third-order valence-electron chi connectivity index (χ3n) is 2.92. The summed E-state index contributed by atoms with van der Waals surface area (Å²) in [6.07, 6.45) is -2.07. The van der Waals surface area contributed by atoms with E-state index in [-0.39, 0.29) is 0 Å². The zero-order chi connectivity index (χ0) is 13.3. The molecule has 0 spiro atoms. The van der Waals surface area contributed by atoms with Crippen molar-refractivity contribution in [3.05, 3.63) is 12.3 Å². The molecule has 7 N–H and O–H groups in total. The number of carbonyl (C=O) groups is 1. The summed E-state index contributed by atoms with van der Waals surface area (Å²) in [6.45, 7) is -0.444. The first-order valence-corrected chi connectivity index (χ1v) is 5.44. The van der Waals surface area contributed by atoms with E-state index in [4.69, 9.17) is 15.7 Å². The molecule has 1 fully saturated rings. The SMILES string of the molecule is NN[C@@H]1C=CN([C@@H]2O[C@H](CO)[C@@H](O)[C@H]2O)C(=O)N1. The number of nitrogens with zero attached hydrogens (tertiary/aromatic N) is 1. The summed E-state index contributed by atoms with van der Waals surface area (Å²) in [5.41, 5.74) is 2.35. The Labute approximate surface area is 103 Å². The van der Waals surface area contributed by atoms with Crippen LogP contribution in [0.25, 0.3) is 0 Å². The predicted molar refractivity (Wildman–Crippen MR) is 58.4 cm³/mol. The molecule has 0 unspecified atom stereocenters. The number of nitrogens with one attached hydrogen (secondary N) is 2. The Morgan fingerprint density at radius 3 is 2.72 bits per heavy atom. The third-order valence-corrected chi connectivity index (χ3v) is 2.92. The maximum absolute atomic E-state index is 11.7.